The summed E-state index contributed by atoms with van der Waals surface area (Å²) in [5.74, 6) is -0.281. The highest BCUT2D eigenvalue weighted by atomic mass is 79.9. The van der Waals surface area contributed by atoms with Crippen molar-refractivity contribution >= 4 is 33.3 Å². The molecule has 0 unspecified atom stereocenters. The lowest BCUT2D eigenvalue weighted by Crippen LogP contribution is -2.06. The Bertz CT molecular complexity index is 587. The van der Waals surface area contributed by atoms with Crippen molar-refractivity contribution in [3.05, 3.63) is 52.4 Å². The minimum atomic E-state index is -0.147. The minimum absolute atomic E-state index is 0.134. The normalized spacial score (nSPS) is 10.1. The van der Waals surface area contributed by atoms with E-state index in [-0.39, 0.29) is 11.7 Å². The number of ketones is 1. The lowest BCUT2D eigenvalue weighted by molar-refractivity contribution is -0.114. The van der Waals surface area contributed by atoms with Crippen LogP contribution in [0.1, 0.15) is 22.8 Å². The van der Waals surface area contributed by atoms with Crippen molar-refractivity contribution in [2.45, 2.75) is 6.92 Å². The molecule has 2 aromatic rings. The van der Waals surface area contributed by atoms with Gasteiger partial charge in [0.05, 0.1) is 11.8 Å². The van der Waals surface area contributed by atoms with Crippen LogP contribution in [0, 0.1) is 0 Å². The second kappa shape index (κ2) is 5.18. The van der Waals surface area contributed by atoms with Gasteiger partial charge in [0.2, 0.25) is 5.91 Å². The molecule has 1 amide bonds. The molecule has 1 aromatic carbocycles. The number of rotatable bonds is 3. The van der Waals surface area contributed by atoms with Gasteiger partial charge >= 0.3 is 0 Å². The standard InChI is InChI=1S/C13H10BrNO3/c1-8(16)15-10-4-2-9(3-5-10)12(17)11-6-7-18-13(11)14/h2-7H,1H3,(H,15,16). The predicted molar refractivity (Wildman–Crippen MR) is 70.6 cm³/mol. The molecular weight excluding hydrogens is 298 g/mol. The first kappa shape index (κ1) is 12.6. The van der Waals surface area contributed by atoms with E-state index in [4.69, 9.17) is 4.42 Å². The smallest absolute Gasteiger partial charge is 0.221 e. The van der Waals surface area contributed by atoms with Crippen molar-refractivity contribution in [1.29, 1.82) is 0 Å². The van der Waals surface area contributed by atoms with Gasteiger partial charge in [0.1, 0.15) is 0 Å². The van der Waals surface area contributed by atoms with Gasteiger partial charge in [-0.3, -0.25) is 9.59 Å². The Balaban J connectivity index is 2.22. The molecule has 0 aliphatic carbocycles. The van der Waals surface area contributed by atoms with Crippen LogP contribution in [0.2, 0.25) is 0 Å². The Morgan fingerprint density at radius 1 is 1.17 bits per heavy atom. The van der Waals surface area contributed by atoms with Crippen LogP contribution >= 0.6 is 15.9 Å². The summed E-state index contributed by atoms with van der Waals surface area (Å²) in [5, 5.41) is 2.64. The van der Waals surface area contributed by atoms with E-state index in [2.05, 4.69) is 21.2 Å². The quantitative estimate of drug-likeness (QED) is 0.886. The van der Waals surface area contributed by atoms with Crippen molar-refractivity contribution < 1.29 is 14.0 Å². The monoisotopic (exact) mass is 307 g/mol. The number of carbonyl (C=O) groups is 2. The average molecular weight is 308 g/mol. The molecule has 0 spiro atoms. The van der Waals surface area contributed by atoms with Crippen molar-refractivity contribution in [3.63, 3.8) is 0 Å². The van der Waals surface area contributed by atoms with Crippen LogP contribution in [0.25, 0.3) is 0 Å². The first-order valence-electron chi connectivity index (χ1n) is 5.23. The van der Waals surface area contributed by atoms with E-state index in [1.54, 1.807) is 30.3 Å². The van der Waals surface area contributed by atoms with Crippen molar-refractivity contribution in [2.24, 2.45) is 0 Å². The zero-order chi connectivity index (χ0) is 13.1. The summed E-state index contributed by atoms with van der Waals surface area (Å²) < 4.78 is 5.44. The number of hydrogen-bond acceptors (Lipinski definition) is 3. The maximum absolute atomic E-state index is 12.1. The molecular formula is C13H10BrNO3. The van der Waals surface area contributed by atoms with Gasteiger partial charge in [-0.1, -0.05) is 0 Å². The van der Waals surface area contributed by atoms with Crippen molar-refractivity contribution in [2.75, 3.05) is 5.32 Å². The van der Waals surface area contributed by atoms with Gasteiger partial charge in [-0.15, -0.1) is 0 Å². The first-order valence-corrected chi connectivity index (χ1v) is 6.02. The molecule has 0 radical (unpaired) electrons. The SMILES string of the molecule is CC(=O)Nc1ccc(C(=O)c2ccoc2Br)cc1. The number of furan rings is 1. The molecule has 1 aromatic heterocycles. The Hall–Kier alpha value is -1.88. The van der Waals surface area contributed by atoms with E-state index in [0.717, 1.165) is 0 Å². The molecule has 0 saturated carbocycles. The third-order valence-corrected chi connectivity index (χ3v) is 2.94. The Morgan fingerprint density at radius 3 is 2.33 bits per heavy atom. The third-order valence-electron chi connectivity index (χ3n) is 2.33. The predicted octanol–water partition coefficient (Wildman–Crippen LogP) is 3.23. The fourth-order valence-corrected chi connectivity index (χ4v) is 1.94. The fourth-order valence-electron chi connectivity index (χ4n) is 1.52. The van der Waals surface area contributed by atoms with Crippen molar-refractivity contribution in [3.8, 4) is 0 Å². The number of nitrogens with one attached hydrogen (secondary N) is 1. The van der Waals surface area contributed by atoms with Gasteiger partial charge < -0.3 is 9.73 Å². The van der Waals surface area contributed by atoms with Gasteiger partial charge in [-0.2, -0.15) is 0 Å². The molecule has 92 valence electrons. The third kappa shape index (κ3) is 2.68. The highest BCUT2D eigenvalue weighted by Gasteiger charge is 2.14. The maximum Gasteiger partial charge on any atom is 0.221 e. The number of hydrogen-bond donors (Lipinski definition) is 1. The van der Waals surface area contributed by atoms with E-state index >= 15 is 0 Å². The number of carbonyl (C=O) groups excluding carboxylic acids is 2. The molecule has 4 nitrogen and oxygen atoms in total. The second-order valence-corrected chi connectivity index (χ2v) is 4.42. The molecule has 0 saturated heterocycles. The highest BCUT2D eigenvalue weighted by molar-refractivity contribution is 9.10. The number of benzene rings is 1. The summed E-state index contributed by atoms with van der Waals surface area (Å²) in [4.78, 5) is 23.0. The highest BCUT2D eigenvalue weighted by Crippen LogP contribution is 2.21. The van der Waals surface area contributed by atoms with E-state index < -0.39 is 0 Å². The van der Waals surface area contributed by atoms with E-state index in [0.29, 0.717) is 21.5 Å². The van der Waals surface area contributed by atoms with E-state index in [1.807, 2.05) is 0 Å². The van der Waals surface area contributed by atoms with Crippen LogP contribution in [0.15, 0.2) is 45.7 Å². The first-order chi connectivity index (χ1) is 8.58. The van der Waals surface area contributed by atoms with Crippen molar-refractivity contribution in [1.82, 2.24) is 0 Å². The summed E-state index contributed by atoms with van der Waals surface area (Å²) in [5.41, 5.74) is 1.67. The topological polar surface area (TPSA) is 59.3 Å². The van der Waals surface area contributed by atoms with E-state index in [9.17, 15) is 9.59 Å². The largest absolute Gasteiger partial charge is 0.457 e. The molecule has 1 heterocycles. The summed E-state index contributed by atoms with van der Waals surface area (Å²) in [6, 6.07) is 8.29. The molecule has 0 aliphatic rings. The number of amides is 1. The van der Waals surface area contributed by atoms with Gasteiger partial charge in [0.15, 0.2) is 10.5 Å². The number of halogens is 1. The summed E-state index contributed by atoms with van der Waals surface area (Å²) in [6.45, 7) is 1.43. The summed E-state index contributed by atoms with van der Waals surface area (Å²) in [7, 11) is 0. The van der Waals surface area contributed by atoms with Gasteiger partial charge in [0, 0.05) is 18.2 Å². The molecule has 5 heteroatoms. The molecule has 0 atom stereocenters. The minimum Gasteiger partial charge on any atom is -0.457 e. The fraction of sp³-hybridized carbons (Fsp3) is 0.0769. The Labute approximate surface area is 112 Å². The molecule has 0 bridgehead atoms. The van der Waals surface area contributed by atoms with Gasteiger partial charge in [-0.05, 0) is 46.3 Å². The Morgan fingerprint density at radius 2 is 1.83 bits per heavy atom. The zero-order valence-electron chi connectivity index (χ0n) is 9.57. The Kier molecular flexibility index (Phi) is 3.62. The molecule has 1 N–H and O–H groups in total. The summed E-state index contributed by atoms with van der Waals surface area (Å²) >= 11 is 3.17. The second-order valence-electron chi connectivity index (χ2n) is 3.70. The molecule has 0 aliphatic heterocycles. The van der Waals surface area contributed by atoms with Crippen LogP contribution < -0.4 is 5.32 Å². The number of anilines is 1. The van der Waals surface area contributed by atoms with Crippen LogP contribution in [0.5, 0.6) is 0 Å². The van der Waals surface area contributed by atoms with Gasteiger partial charge in [-0.25, -0.2) is 0 Å². The molecule has 2 rings (SSSR count). The van der Waals surface area contributed by atoms with Crippen LogP contribution in [0.4, 0.5) is 5.69 Å². The zero-order valence-corrected chi connectivity index (χ0v) is 11.2. The maximum atomic E-state index is 12.1. The average Bonchev–Trinajstić information content (AvgIpc) is 2.75. The molecule has 18 heavy (non-hydrogen) atoms. The lowest BCUT2D eigenvalue weighted by atomic mass is 10.1. The van der Waals surface area contributed by atoms with Gasteiger partial charge in [0.25, 0.3) is 0 Å². The van der Waals surface area contributed by atoms with E-state index in [1.165, 1.54) is 13.2 Å². The van der Waals surface area contributed by atoms with Crippen LogP contribution in [-0.2, 0) is 4.79 Å². The van der Waals surface area contributed by atoms with Crippen LogP contribution in [-0.4, -0.2) is 11.7 Å². The van der Waals surface area contributed by atoms with Crippen LogP contribution in [0.3, 0.4) is 0 Å². The lowest BCUT2D eigenvalue weighted by Gasteiger charge is -2.03. The summed E-state index contributed by atoms with van der Waals surface area (Å²) in [6.07, 6.45) is 1.45. The molecule has 0 fully saturated rings.